The van der Waals surface area contributed by atoms with E-state index in [2.05, 4.69) is 10.4 Å². The van der Waals surface area contributed by atoms with E-state index in [1.54, 1.807) is 10.9 Å². The largest absolute Gasteiger partial charge is 0.319 e. The van der Waals surface area contributed by atoms with E-state index in [1.165, 1.54) is 6.07 Å². The van der Waals surface area contributed by atoms with Crippen LogP contribution in [0.1, 0.15) is 10.4 Å². The number of rotatable bonds is 4. The second kappa shape index (κ2) is 7.44. The zero-order valence-corrected chi connectivity index (χ0v) is 14.6. The molecule has 28 heavy (non-hydrogen) atoms. The number of carbonyl (C=O) groups excluding carboxylic acids is 1. The lowest BCUT2D eigenvalue weighted by atomic mass is 10.1. The van der Waals surface area contributed by atoms with Crippen LogP contribution in [-0.2, 0) is 0 Å². The quantitative estimate of drug-likeness (QED) is 0.541. The minimum atomic E-state index is -0.843. The molecule has 1 amide bonds. The van der Waals surface area contributed by atoms with E-state index in [0.717, 1.165) is 23.4 Å². The van der Waals surface area contributed by atoms with Gasteiger partial charge < -0.3 is 5.32 Å². The van der Waals surface area contributed by atoms with Gasteiger partial charge in [-0.1, -0.05) is 48.5 Å². The lowest BCUT2D eigenvalue weighted by molar-refractivity contribution is 0.102. The normalized spacial score (nSPS) is 10.6. The molecule has 1 N–H and O–H groups in total. The molecule has 0 saturated carbocycles. The van der Waals surface area contributed by atoms with Crippen LogP contribution in [0.25, 0.3) is 16.9 Å². The van der Waals surface area contributed by atoms with Crippen LogP contribution in [0.15, 0.2) is 85.1 Å². The number of hydrogen-bond acceptors (Lipinski definition) is 2. The van der Waals surface area contributed by atoms with Crippen LogP contribution in [-0.4, -0.2) is 15.7 Å². The molecular weight excluding hydrogens is 360 g/mol. The van der Waals surface area contributed by atoms with Crippen molar-refractivity contribution in [3.05, 3.63) is 102 Å². The van der Waals surface area contributed by atoms with Crippen molar-refractivity contribution in [3.8, 4) is 16.9 Å². The van der Waals surface area contributed by atoms with E-state index in [-0.39, 0.29) is 11.3 Å². The standard InChI is InChI=1S/C22H15F2N3O/c23-16-11-12-20(19(24)13-16)25-22(28)18-14-27(17-9-5-2-6-10-17)26-21(18)15-7-3-1-4-8-15/h1-14H,(H,25,28). The minimum absolute atomic E-state index is 0.0992. The van der Waals surface area contributed by atoms with Crippen LogP contribution in [0.3, 0.4) is 0 Å². The van der Waals surface area contributed by atoms with Crippen LogP contribution in [0.5, 0.6) is 0 Å². The first kappa shape index (κ1) is 17.6. The third-order valence-corrected chi connectivity index (χ3v) is 4.21. The second-order valence-electron chi connectivity index (χ2n) is 6.12. The average Bonchev–Trinajstić information content (AvgIpc) is 3.17. The maximum atomic E-state index is 13.9. The predicted octanol–water partition coefficient (Wildman–Crippen LogP) is 5.07. The van der Waals surface area contributed by atoms with Crippen LogP contribution in [0.2, 0.25) is 0 Å². The number of benzene rings is 3. The number of nitrogens with zero attached hydrogens (tertiary/aromatic N) is 2. The number of para-hydroxylation sites is 1. The third-order valence-electron chi connectivity index (χ3n) is 4.21. The molecule has 0 spiro atoms. The van der Waals surface area contributed by atoms with Crippen molar-refractivity contribution in [1.82, 2.24) is 9.78 Å². The maximum absolute atomic E-state index is 13.9. The molecule has 0 unspecified atom stereocenters. The molecule has 6 heteroatoms. The lowest BCUT2D eigenvalue weighted by Gasteiger charge is -2.06. The highest BCUT2D eigenvalue weighted by atomic mass is 19.1. The summed E-state index contributed by atoms with van der Waals surface area (Å²) in [6, 6.07) is 21.6. The fourth-order valence-corrected chi connectivity index (χ4v) is 2.84. The smallest absolute Gasteiger partial charge is 0.259 e. The first-order valence-electron chi connectivity index (χ1n) is 8.59. The molecule has 1 aromatic heterocycles. The summed E-state index contributed by atoms with van der Waals surface area (Å²) >= 11 is 0. The Morgan fingerprint density at radius 1 is 0.893 bits per heavy atom. The van der Waals surface area contributed by atoms with Gasteiger partial charge in [-0.3, -0.25) is 4.79 Å². The number of nitrogens with one attached hydrogen (secondary N) is 1. The summed E-state index contributed by atoms with van der Waals surface area (Å²) in [7, 11) is 0. The molecule has 0 fully saturated rings. The number of amides is 1. The van der Waals surface area contributed by atoms with Gasteiger partial charge in [0.05, 0.1) is 16.9 Å². The van der Waals surface area contributed by atoms with E-state index in [9.17, 15) is 13.6 Å². The monoisotopic (exact) mass is 375 g/mol. The fraction of sp³-hybridized carbons (Fsp3) is 0. The van der Waals surface area contributed by atoms with Gasteiger partial charge in [-0.05, 0) is 24.3 Å². The molecule has 0 aliphatic rings. The van der Waals surface area contributed by atoms with Gasteiger partial charge in [-0.25, -0.2) is 13.5 Å². The van der Waals surface area contributed by atoms with E-state index < -0.39 is 17.5 Å². The summed E-state index contributed by atoms with van der Waals surface area (Å²) in [5.74, 6) is -2.09. The Hall–Kier alpha value is -3.80. The van der Waals surface area contributed by atoms with Gasteiger partial charge in [0.1, 0.15) is 17.3 Å². The number of halogens is 2. The van der Waals surface area contributed by atoms with Gasteiger partial charge >= 0.3 is 0 Å². The highest BCUT2D eigenvalue weighted by Crippen LogP contribution is 2.25. The Balaban J connectivity index is 1.76. The van der Waals surface area contributed by atoms with Crippen LogP contribution >= 0.6 is 0 Å². The van der Waals surface area contributed by atoms with Gasteiger partial charge in [0.2, 0.25) is 0 Å². The molecule has 4 rings (SSSR count). The molecular formula is C22H15F2N3O. The summed E-state index contributed by atoms with van der Waals surface area (Å²) in [5.41, 5.74) is 2.18. The highest BCUT2D eigenvalue weighted by Gasteiger charge is 2.20. The Morgan fingerprint density at radius 3 is 2.25 bits per heavy atom. The molecule has 0 radical (unpaired) electrons. The highest BCUT2D eigenvalue weighted by molar-refractivity contribution is 6.08. The van der Waals surface area contributed by atoms with Crippen molar-refractivity contribution in [1.29, 1.82) is 0 Å². The minimum Gasteiger partial charge on any atom is -0.319 e. The van der Waals surface area contributed by atoms with Crippen molar-refractivity contribution in [3.63, 3.8) is 0 Å². The van der Waals surface area contributed by atoms with E-state index in [0.29, 0.717) is 5.69 Å². The fourth-order valence-electron chi connectivity index (χ4n) is 2.84. The molecule has 0 saturated heterocycles. The number of carbonyl (C=O) groups is 1. The van der Waals surface area contributed by atoms with E-state index in [1.807, 2.05) is 60.7 Å². The molecule has 3 aromatic carbocycles. The van der Waals surface area contributed by atoms with Gasteiger partial charge in [0.25, 0.3) is 5.91 Å². The number of aromatic nitrogens is 2. The van der Waals surface area contributed by atoms with Gasteiger partial charge in [0.15, 0.2) is 0 Å². The lowest BCUT2D eigenvalue weighted by Crippen LogP contribution is -2.13. The van der Waals surface area contributed by atoms with Crippen molar-refractivity contribution in [2.75, 3.05) is 5.32 Å². The summed E-state index contributed by atoms with van der Waals surface area (Å²) in [5, 5.41) is 7.05. The van der Waals surface area contributed by atoms with Gasteiger partial charge in [-0.15, -0.1) is 0 Å². The average molecular weight is 375 g/mol. The van der Waals surface area contributed by atoms with Crippen LogP contribution in [0.4, 0.5) is 14.5 Å². The van der Waals surface area contributed by atoms with Crippen molar-refractivity contribution < 1.29 is 13.6 Å². The number of hydrogen-bond donors (Lipinski definition) is 1. The Kier molecular flexibility index (Phi) is 4.68. The Morgan fingerprint density at radius 2 is 1.57 bits per heavy atom. The van der Waals surface area contributed by atoms with Crippen molar-refractivity contribution in [2.45, 2.75) is 0 Å². The van der Waals surface area contributed by atoms with Gasteiger partial charge in [-0.2, -0.15) is 5.10 Å². The van der Waals surface area contributed by atoms with Crippen LogP contribution < -0.4 is 5.32 Å². The zero-order chi connectivity index (χ0) is 19.5. The SMILES string of the molecule is O=C(Nc1ccc(F)cc1F)c1cn(-c2ccccc2)nc1-c1ccccc1. The number of anilines is 1. The molecule has 0 bridgehead atoms. The van der Waals surface area contributed by atoms with E-state index in [4.69, 9.17) is 0 Å². The molecule has 4 aromatic rings. The summed E-state index contributed by atoms with van der Waals surface area (Å²) in [6.45, 7) is 0. The summed E-state index contributed by atoms with van der Waals surface area (Å²) < 4.78 is 28.7. The first-order chi connectivity index (χ1) is 13.6. The van der Waals surface area contributed by atoms with Crippen molar-refractivity contribution >= 4 is 11.6 Å². The van der Waals surface area contributed by atoms with E-state index >= 15 is 0 Å². The Labute approximate surface area is 160 Å². The second-order valence-corrected chi connectivity index (χ2v) is 6.12. The Bertz CT molecular complexity index is 1130. The molecule has 0 aliphatic heterocycles. The topological polar surface area (TPSA) is 46.9 Å². The molecule has 0 atom stereocenters. The molecule has 4 nitrogen and oxygen atoms in total. The molecule has 0 aliphatic carbocycles. The summed E-state index contributed by atoms with van der Waals surface area (Å²) in [4.78, 5) is 12.9. The summed E-state index contributed by atoms with van der Waals surface area (Å²) in [6.07, 6.45) is 1.59. The van der Waals surface area contributed by atoms with Crippen molar-refractivity contribution in [2.24, 2.45) is 0 Å². The zero-order valence-electron chi connectivity index (χ0n) is 14.6. The first-order valence-corrected chi connectivity index (χ1v) is 8.59. The molecule has 1 heterocycles. The predicted molar refractivity (Wildman–Crippen MR) is 103 cm³/mol. The molecule has 138 valence electrons. The maximum Gasteiger partial charge on any atom is 0.259 e. The van der Waals surface area contributed by atoms with Crippen LogP contribution in [0, 0.1) is 11.6 Å². The third kappa shape index (κ3) is 3.53. The van der Waals surface area contributed by atoms with Gasteiger partial charge in [0, 0.05) is 17.8 Å².